The van der Waals surface area contributed by atoms with Gasteiger partial charge in [0.1, 0.15) is 0 Å². The summed E-state index contributed by atoms with van der Waals surface area (Å²) >= 11 is 0. The van der Waals surface area contributed by atoms with Gasteiger partial charge in [-0.1, -0.05) is 34.6 Å². The van der Waals surface area contributed by atoms with E-state index in [-0.39, 0.29) is 15.8 Å². The zero-order valence-electron chi connectivity index (χ0n) is 15.1. The van der Waals surface area contributed by atoms with Crippen molar-refractivity contribution in [1.82, 2.24) is 4.72 Å². The highest BCUT2D eigenvalue weighted by Gasteiger charge is 2.38. The molecule has 3 nitrogen and oxygen atoms in total. The minimum absolute atomic E-state index is 0.129. The Labute approximate surface area is 130 Å². The molecule has 0 unspecified atom stereocenters. The Bertz CT molecular complexity index is 330. The highest BCUT2D eigenvalue weighted by atomic mass is 32.2. The number of rotatable bonds is 6. The van der Waals surface area contributed by atoms with Crippen LogP contribution in [0, 0.1) is 5.92 Å². The lowest BCUT2D eigenvalue weighted by Crippen LogP contribution is -2.49. The van der Waals surface area contributed by atoms with E-state index in [0.717, 1.165) is 0 Å². The summed E-state index contributed by atoms with van der Waals surface area (Å²) in [6.07, 6.45) is 0. The van der Waals surface area contributed by atoms with E-state index in [1.54, 1.807) is 0 Å². The summed E-state index contributed by atoms with van der Waals surface area (Å²) in [6, 6.07) is 0.129. The molecule has 0 saturated heterocycles. The molecule has 0 rings (SSSR count). The molecule has 0 aliphatic heterocycles. The van der Waals surface area contributed by atoms with Crippen LogP contribution in [0.3, 0.4) is 0 Å². The van der Waals surface area contributed by atoms with Crippen molar-refractivity contribution in [1.29, 1.82) is 0 Å². The van der Waals surface area contributed by atoms with Crippen LogP contribution >= 0.6 is 0 Å². The Morgan fingerprint density at radius 3 is 1.85 bits per heavy atom. The van der Waals surface area contributed by atoms with Crippen molar-refractivity contribution < 1.29 is 8.63 Å². The van der Waals surface area contributed by atoms with Crippen LogP contribution in [0.15, 0.2) is 0 Å². The summed E-state index contributed by atoms with van der Waals surface area (Å²) in [7, 11) is -2.80. The fourth-order valence-corrected chi connectivity index (χ4v) is 3.19. The van der Waals surface area contributed by atoms with Gasteiger partial charge in [0.05, 0.1) is 22.3 Å². The third-order valence-electron chi connectivity index (χ3n) is 4.05. The first-order chi connectivity index (χ1) is 8.68. The van der Waals surface area contributed by atoms with Crippen LogP contribution in [-0.4, -0.2) is 29.9 Å². The van der Waals surface area contributed by atoms with Gasteiger partial charge in [0.25, 0.3) is 0 Å². The van der Waals surface area contributed by atoms with Crippen LogP contribution in [0.25, 0.3) is 0 Å². The second kappa shape index (κ2) is 7.03. The third kappa shape index (κ3) is 6.37. The van der Waals surface area contributed by atoms with Gasteiger partial charge in [-0.05, 0) is 44.8 Å². The molecule has 0 aromatic rings. The summed E-state index contributed by atoms with van der Waals surface area (Å²) in [6.45, 7) is 22.1. The summed E-state index contributed by atoms with van der Waals surface area (Å²) in [5.74, 6) is 0.395. The molecule has 122 valence electrons. The lowest BCUT2D eigenvalue weighted by atomic mass is 10.1. The Morgan fingerprint density at radius 2 is 1.55 bits per heavy atom. The van der Waals surface area contributed by atoms with Crippen LogP contribution in [0.5, 0.6) is 0 Å². The van der Waals surface area contributed by atoms with Gasteiger partial charge in [-0.3, -0.25) is 0 Å². The fourth-order valence-electron chi connectivity index (χ4n) is 1.19. The zero-order chi connectivity index (χ0) is 16.4. The predicted molar refractivity (Wildman–Crippen MR) is 92.8 cm³/mol. The highest BCUT2D eigenvalue weighted by molar-refractivity contribution is 7.84. The first kappa shape index (κ1) is 20.3. The van der Waals surface area contributed by atoms with Gasteiger partial charge >= 0.3 is 0 Å². The molecule has 0 aliphatic carbocycles. The van der Waals surface area contributed by atoms with Gasteiger partial charge in [0, 0.05) is 6.04 Å². The fraction of sp³-hybridized carbons (Fsp3) is 1.00. The van der Waals surface area contributed by atoms with E-state index >= 15 is 0 Å². The van der Waals surface area contributed by atoms with E-state index in [2.05, 4.69) is 52.4 Å². The van der Waals surface area contributed by atoms with E-state index < -0.39 is 19.3 Å². The second-order valence-electron chi connectivity index (χ2n) is 8.42. The molecule has 1 N–H and O–H groups in total. The SMILES string of the molecule is CC(C)[C@H](CO[Si](C)(C)C(C)(C)C)N[S@](=O)C(C)(C)C. The molecule has 0 amide bonds. The van der Waals surface area contributed by atoms with Crippen LogP contribution in [-0.2, 0) is 15.4 Å². The smallest absolute Gasteiger partial charge is 0.192 e. The lowest BCUT2D eigenvalue weighted by Gasteiger charge is -2.38. The zero-order valence-corrected chi connectivity index (χ0v) is 16.9. The average molecular weight is 322 g/mol. The van der Waals surface area contributed by atoms with Crippen molar-refractivity contribution in [3.8, 4) is 0 Å². The predicted octanol–water partition coefficient (Wildman–Crippen LogP) is 4.08. The Morgan fingerprint density at radius 1 is 1.10 bits per heavy atom. The molecule has 0 saturated carbocycles. The molecule has 0 radical (unpaired) electrons. The minimum Gasteiger partial charge on any atom is -0.415 e. The van der Waals surface area contributed by atoms with Crippen molar-refractivity contribution >= 4 is 19.3 Å². The molecule has 20 heavy (non-hydrogen) atoms. The maximum atomic E-state index is 12.3. The van der Waals surface area contributed by atoms with Crippen molar-refractivity contribution in [2.75, 3.05) is 6.61 Å². The average Bonchev–Trinajstić information content (AvgIpc) is 2.20. The molecule has 0 spiro atoms. The summed E-state index contributed by atoms with van der Waals surface area (Å²) in [5, 5.41) is 0.206. The number of hydrogen-bond donors (Lipinski definition) is 1. The standard InChI is InChI=1S/C15H35NO2SSi/c1-12(2)13(16-19(17)14(3,4)5)11-18-20(9,10)15(6,7)8/h12-13,16H,11H2,1-10H3/t13-,19+/m0/s1. The third-order valence-corrected chi connectivity index (χ3v) is 10.2. The van der Waals surface area contributed by atoms with E-state index in [4.69, 9.17) is 4.43 Å². The molecule has 5 heteroatoms. The second-order valence-corrected chi connectivity index (χ2v) is 15.2. The molecule has 0 aromatic heterocycles. The molecule has 0 aromatic carbocycles. The summed E-state index contributed by atoms with van der Waals surface area (Å²) in [4.78, 5) is 0. The normalized spacial score (nSPS) is 17.4. The van der Waals surface area contributed by atoms with Crippen molar-refractivity contribution in [2.45, 2.75) is 84.3 Å². The number of nitrogens with one attached hydrogen (secondary N) is 1. The molecule has 0 bridgehead atoms. The molecule has 2 atom stereocenters. The van der Waals surface area contributed by atoms with Gasteiger partial charge in [0.15, 0.2) is 8.32 Å². The molecule has 0 heterocycles. The van der Waals surface area contributed by atoms with Crippen molar-refractivity contribution in [3.05, 3.63) is 0 Å². The molecular formula is C15H35NO2SSi. The monoisotopic (exact) mass is 321 g/mol. The quantitative estimate of drug-likeness (QED) is 0.748. The lowest BCUT2D eigenvalue weighted by molar-refractivity contribution is 0.229. The Kier molecular flexibility index (Phi) is 7.13. The van der Waals surface area contributed by atoms with Crippen molar-refractivity contribution in [3.63, 3.8) is 0 Å². The Hall–Kier alpha value is 0.287. The topological polar surface area (TPSA) is 38.3 Å². The minimum atomic E-state index is -1.75. The maximum absolute atomic E-state index is 12.3. The highest BCUT2D eigenvalue weighted by Crippen LogP contribution is 2.36. The van der Waals surface area contributed by atoms with Crippen LogP contribution in [0.4, 0.5) is 0 Å². The van der Waals surface area contributed by atoms with Gasteiger partial charge in [-0.25, -0.2) is 8.93 Å². The molecule has 0 fully saturated rings. The molecular weight excluding hydrogens is 286 g/mol. The maximum Gasteiger partial charge on any atom is 0.192 e. The first-order valence-electron chi connectivity index (χ1n) is 7.50. The Balaban J connectivity index is 4.71. The van der Waals surface area contributed by atoms with E-state index in [1.807, 2.05) is 20.8 Å². The largest absolute Gasteiger partial charge is 0.415 e. The summed E-state index contributed by atoms with van der Waals surface area (Å²) in [5.41, 5.74) is 0. The van der Waals surface area contributed by atoms with Crippen molar-refractivity contribution in [2.24, 2.45) is 5.92 Å². The van der Waals surface area contributed by atoms with Gasteiger partial charge < -0.3 is 4.43 Å². The van der Waals surface area contributed by atoms with Gasteiger partial charge in [0.2, 0.25) is 0 Å². The number of hydrogen-bond acceptors (Lipinski definition) is 2. The van der Waals surface area contributed by atoms with E-state index in [0.29, 0.717) is 12.5 Å². The molecule has 0 aliphatic rings. The van der Waals surface area contributed by atoms with Crippen LogP contribution in [0.1, 0.15) is 55.4 Å². The van der Waals surface area contributed by atoms with Gasteiger partial charge in [-0.2, -0.15) is 0 Å². The first-order valence-corrected chi connectivity index (χ1v) is 11.6. The van der Waals surface area contributed by atoms with Crippen LogP contribution < -0.4 is 4.72 Å². The van der Waals surface area contributed by atoms with E-state index in [9.17, 15) is 4.21 Å². The van der Waals surface area contributed by atoms with Gasteiger partial charge in [-0.15, -0.1) is 0 Å². The summed E-state index contributed by atoms with van der Waals surface area (Å²) < 4.78 is 21.5. The van der Waals surface area contributed by atoms with E-state index in [1.165, 1.54) is 0 Å². The van der Waals surface area contributed by atoms with Crippen LogP contribution in [0.2, 0.25) is 18.1 Å².